The molecule has 6 heteroatoms. The van der Waals surface area contributed by atoms with E-state index in [4.69, 9.17) is 16.3 Å². The number of aromatic nitrogens is 2. The van der Waals surface area contributed by atoms with Crippen molar-refractivity contribution in [1.82, 2.24) is 9.97 Å². The van der Waals surface area contributed by atoms with Crippen LogP contribution >= 0.6 is 23.4 Å². The minimum atomic E-state index is 0.442. The van der Waals surface area contributed by atoms with Crippen molar-refractivity contribution in [2.75, 3.05) is 18.7 Å². The molecule has 0 amide bonds. The molecule has 0 spiro atoms. The predicted octanol–water partition coefficient (Wildman–Crippen LogP) is 3.61. The second-order valence-corrected chi connectivity index (χ2v) is 5.28. The Morgan fingerprint density at radius 2 is 2.00 bits per heavy atom. The zero-order valence-corrected chi connectivity index (χ0v) is 13.0. The van der Waals surface area contributed by atoms with Gasteiger partial charge in [0.25, 0.3) is 0 Å². The Morgan fingerprint density at radius 3 is 2.70 bits per heavy atom. The average Bonchev–Trinajstić information content (AvgIpc) is 2.46. The van der Waals surface area contributed by atoms with Gasteiger partial charge in [0.1, 0.15) is 11.0 Å². The van der Waals surface area contributed by atoms with Gasteiger partial charge >= 0.3 is 0 Å². The highest BCUT2D eigenvalue weighted by Gasteiger charge is 2.04. The van der Waals surface area contributed by atoms with Gasteiger partial charge < -0.3 is 10.1 Å². The van der Waals surface area contributed by atoms with Gasteiger partial charge in [-0.1, -0.05) is 47.6 Å². The predicted molar refractivity (Wildman–Crippen MR) is 83.3 cm³/mol. The van der Waals surface area contributed by atoms with E-state index in [9.17, 15) is 0 Å². The first-order chi connectivity index (χ1) is 9.72. The number of hydrogen-bond acceptors (Lipinski definition) is 5. The molecule has 106 valence electrons. The highest BCUT2D eigenvalue weighted by molar-refractivity contribution is 7.98. The molecule has 0 atom stereocenters. The zero-order valence-electron chi connectivity index (χ0n) is 11.4. The highest BCUT2D eigenvalue weighted by atomic mass is 35.5. The van der Waals surface area contributed by atoms with Crippen molar-refractivity contribution in [2.45, 2.75) is 18.3 Å². The van der Waals surface area contributed by atoms with Gasteiger partial charge in [-0.15, -0.1) is 0 Å². The van der Waals surface area contributed by atoms with Gasteiger partial charge in [0, 0.05) is 19.7 Å². The zero-order chi connectivity index (χ0) is 14.4. The molecule has 0 bridgehead atoms. The van der Waals surface area contributed by atoms with Crippen LogP contribution in [0, 0.1) is 0 Å². The van der Waals surface area contributed by atoms with Crippen molar-refractivity contribution in [3.63, 3.8) is 0 Å². The van der Waals surface area contributed by atoms with Crippen molar-refractivity contribution in [1.29, 1.82) is 0 Å². The Hall–Kier alpha value is -1.30. The lowest BCUT2D eigenvalue weighted by Gasteiger charge is -2.11. The summed E-state index contributed by atoms with van der Waals surface area (Å²) in [5.41, 5.74) is 2.34. The smallest absolute Gasteiger partial charge is 0.190 e. The molecule has 0 aliphatic heterocycles. The lowest BCUT2D eigenvalue weighted by Crippen LogP contribution is -2.05. The minimum absolute atomic E-state index is 0.442. The van der Waals surface area contributed by atoms with Gasteiger partial charge in [0.2, 0.25) is 0 Å². The first-order valence-corrected chi connectivity index (χ1v) is 7.71. The van der Waals surface area contributed by atoms with Gasteiger partial charge in [0.05, 0.1) is 6.61 Å². The molecular weight excluding hydrogens is 294 g/mol. The first-order valence-electron chi connectivity index (χ1n) is 6.11. The van der Waals surface area contributed by atoms with Crippen molar-refractivity contribution in [2.24, 2.45) is 0 Å². The summed E-state index contributed by atoms with van der Waals surface area (Å²) in [6.45, 7) is 1.26. The van der Waals surface area contributed by atoms with E-state index in [-0.39, 0.29) is 0 Å². The Bertz CT molecular complexity index is 580. The van der Waals surface area contributed by atoms with Gasteiger partial charge in [-0.05, 0) is 17.4 Å². The number of benzene rings is 1. The summed E-state index contributed by atoms with van der Waals surface area (Å²) in [4.78, 5) is 8.48. The van der Waals surface area contributed by atoms with Crippen LogP contribution in [0.5, 0.6) is 0 Å². The van der Waals surface area contributed by atoms with Crippen LogP contribution in [0.2, 0.25) is 5.15 Å². The van der Waals surface area contributed by atoms with Crippen LogP contribution in [-0.2, 0) is 17.9 Å². The van der Waals surface area contributed by atoms with Crippen LogP contribution < -0.4 is 5.32 Å². The van der Waals surface area contributed by atoms with E-state index in [0.29, 0.717) is 23.5 Å². The third-order valence-electron chi connectivity index (χ3n) is 2.74. The summed E-state index contributed by atoms with van der Waals surface area (Å²) < 4.78 is 5.20. The molecule has 2 aromatic rings. The number of anilines is 1. The van der Waals surface area contributed by atoms with Crippen molar-refractivity contribution >= 4 is 29.2 Å². The Labute approximate surface area is 127 Å². The van der Waals surface area contributed by atoms with Gasteiger partial charge in [0.15, 0.2) is 5.16 Å². The van der Waals surface area contributed by atoms with Crippen LogP contribution in [0.25, 0.3) is 0 Å². The third kappa shape index (κ3) is 4.10. The quantitative estimate of drug-likeness (QED) is 0.502. The Kier molecular flexibility index (Phi) is 5.64. The average molecular weight is 310 g/mol. The number of halogens is 1. The second kappa shape index (κ2) is 7.47. The van der Waals surface area contributed by atoms with Crippen LogP contribution in [0.1, 0.15) is 11.1 Å². The Balaban J connectivity index is 2.10. The van der Waals surface area contributed by atoms with Gasteiger partial charge in [-0.25, -0.2) is 9.97 Å². The maximum Gasteiger partial charge on any atom is 0.190 e. The summed E-state index contributed by atoms with van der Waals surface area (Å²) >= 11 is 7.43. The molecular formula is C14H16ClN3OS. The minimum Gasteiger partial charge on any atom is -0.380 e. The summed E-state index contributed by atoms with van der Waals surface area (Å²) in [5, 5.41) is 4.37. The van der Waals surface area contributed by atoms with E-state index >= 15 is 0 Å². The van der Waals surface area contributed by atoms with Crippen LogP contribution in [0.15, 0.2) is 35.5 Å². The SMILES string of the molecule is COCc1ccccc1CNc1cc(Cl)nc(SC)n1. The maximum absolute atomic E-state index is 5.97. The normalized spacial score (nSPS) is 10.6. The molecule has 1 heterocycles. The van der Waals surface area contributed by atoms with Crippen molar-refractivity contribution < 1.29 is 4.74 Å². The second-order valence-electron chi connectivity index (χ2n) is 4.12. The number of hydrogen-bond donors (Lipinski definition) is 1. The fourth-order valence-electron chi connectivity index (χ4n) is 1.79. The summed E-state index contributed by atoms with van der Waals surface area (Å²) in [6, 6.07) is 9.86. The van der Waals surface area contributed by atoms with Crippen LogP contribution in [0.4, 0.5) is 5.82 Å². The number of nitrogens with one attached hydrogen (secondary N) is 1. The molecule has 0 aliphatic rings. The number of rotatable bonds is 6. The van der Waals surface area contributed by atoms with E-state index in [1.807, 2.05) is 18.4 Å². The summed E-state index contributed by atoms with van der Waals surface area (Å²) in [6.07, 6.45) is 1.92. The topological polar surface area (TPSA) is 47.0 Å². The number of methoxy groups -OCH3 is 1. The van der Waals surface area contributed by atoms with E-state index in [1.165, 1.54) is 17.3 Å². The molecule has 0 aliphatic carbocycles. The number of ether oxygens (including phenoxy) is 1. The van der Waals surface area contributed by atoms with Crippen molar-refractivity contribution in [3.05, 3.63) is 46.6 Å². The lowest BCUT2D eigenvalue weighted by molar-refractivity contribution is 0.184. The molecule has 0 saturated carbocycles. The number of nitrogens with zero attached hydrogens (tertiary/aromatic N) is 2. The largest absolute Gasteiger partial charge is 0.380 e. The van der Waals surface area contributed by atoms with E-state index in [2.05, 4.69) is 27.4 Å². The lowest BCUT2D eigenvalue weighted by atomic mass is 10.1. The van der Waals surface area contributed by atoms with E-state index < -0.39 is 0 Å². The Morgan fingerprint density at radius 1 is 1.25 bits per heavy atom. The monoisotopic (exact) mass is 309 g/mol. The van der Waals surface area contributed by atoms with E-state index in [1.54, 1.807) is 13.2 Å². The summed E-state index contributed by atoms with van der Waals surface area (Å²) in [5.74, 6) is 0.724. The van der Waals surface area contributed by atoms with Crippen LogP contribution in [-0.4, -0.2) is 23.3 Å². The van der Waals surface area contributed by atoms with Crippen LogP contribution in [0.3, 0.4) is 0 Å². The highest BCUT2D eigenvalue weighted by Crippen LogP contribution is 2.18. The molecule has 1 aromatic carbocycles. The molecule has 0 saturated heterocycles. The van der Waals surface area contributed by atoms with Crippen molar-refractivity contribution in [3.8, 4) is 0 Å². The fraction of sp³-hybridized carbons (Fsp3) is 0.286. The standard InChI is InChI=1S/C14H16ClN3OS/c1-19-9-11-6-4-3-5-10(11)8-16-13-7-12(15)17-14(18-13)20-2/h3-7H,8-9H2,1-2H3,(H,16,17,18). The maximum atomic E-state index is 5.97. The van der Waals surface area contributed by atoms with Gasteiger partial charge in [-0.3, -0.25) is 0 Å². The molecule has 20 heavy (non-hydrogen) atoms. The van der Waals surface area contributed by atoms with E-state index in [0.717, 1.165) is 11.4 Å². The molecule has 2 rings (SSSR count). The number of thioether (sulfide) groups is 1. The first kappa shape index (κ1) is 15.1. The molecule has 1 aromatic heterocycles. The molecule has 4 nitrogen and oxygen atoms in total. The van der Waals surface area contributed by atoms with Gasteiger partial charge in [-0.2, -0.15) is 0 Å². The molecule has 0 fully saturated rings. The molecule has 0 radical (unpaired) electrons. The third-order valence-corrected chi connectivity index (χ3v) is 3.48. The molecule has 0 unspecified atom stereocenters. The fourth-order valence-corrected chi connectivity index (χ4v) is 2.40. The summed E-state index contributed by atoms with van der Waals surface area (Å²) in [7, 11) is 1.69. The molecule has 1 N–H and O–H groups in total.